The number of carbonyl (C=O) groups excluding carboxylic acids is 1. The molecule has 106 valence electrons. The van der Waals surface area contributed by atoms with E-state index in [2.05, 4.69) is 11.9 Å². The summed E-state index contributed by atoms with van der Waals surface area (Å²) < 4.78 is 20.3. The van der Waals surface area contributed by atoms with E-state index in [1.54, 1.807) is 19.2 Å². The van der Waals surface area contributed by atoms with Crippen molar-refractivity contribution in [1.82, 2.24) is 4.90 Å². The number of amides is 1. The summed E-state index contributed by atoms with van der Waals surface area (Å²) in [5.41, 5.74) is 1.22. The topological polar surface area (TPSA) is 73.2 Å². The summed E-state index contributed by atoms with van der Waals surface area (Å²) in [6.07, 6.45) is 0.919. The van der Waals surface area contributed by atoms with E-state index in [0.29, 0.717) is 18.1 Å². The molecular weight excluding hydrogens is 278 g/mol. The van der Waals surface area contributed by atoms with E-state index in [1.807, 2.05) is 4.90 Å². The molecule has 0 aromatic heterocycles. The predicted octanol–water partition coefficient (Wildman–Crippen LogP) is 1.31. The van der Waals surface area contributed by atoms with Crippen LogP contribution in [0.5, 0.6) is 0 Å². The standard InChI is InChI=1S/C13H15N3O3S/c1-3-8-7-14-13-15(2)12(17)10-6-9(20(18)19)4-5-11(10)16(8)13/h4-6,8H,3,7H2,1-2H3,(H,18,19)/t8-/m0/s1. The predicted molar refractivity (Wildman–Crippen MR) is 76.4 cm³/mol. The zero-order valence-corrected chi connectivity index (χ0v) is 12.1. The molecule has 0 saturated heterocycles. The van der Waals surface area contributed by atoms with Gasteiger partial charge in [-0.25, -0.2) is 4.21 Å². The summed E-state index contributed by atoms with van der Waals surface area (Å²) in [5.74, 6) is 0.464. The van der Waals surface area contributed by atoms with E-state index < -0.39 is 11.1 Å². The first-order valence-corrected chi connectivity index (χ1v) is 7.52. The third-order valence-corrected chi connectivity index (χ3v) is 4.42. The van der Waals surface area contributed by atoms with Gasteiger partial charge in [-0.1, -0.05) is 6.92 Å². The number of carbonyl (C=O) groups is 1. The minimum Gasteiger partial charge on any atom is -0.306 e. The third kappa shape index (κ3) is 1.77. The quantitative estimate of drug-likeness (QED) is 0.834. The molecule has 0 aliphatic carbocycles. The van der Waals surface area contributed by atoms with Crippen molar-refractivity contribution in [3.8, 4) is 0 Å². The molecule has 1 unspecified atom stereocenters. The Labute approximate surface area is 119 Å². The second kappa shape index (κ2) is 4.68. The summed E-state index contributed by atoms with van der Waals surface area (Å²) in [4.78, 5) is 20.6. The lowest BCUT2D eigenvalue weighted by Crippen LogP contribution is -2.51. The molecule has 20 heavy (non-hydrogen) atoms. The number of fused-ring (bicyclic) bond motifs is 3. The van der Waals surface area contributed by atoms with Crippen LogP contribution in [0.25, 0.3) is 0 Å². The van der Waals surface area contributed by atoms with Crippen molar-refractivity contribution in [3.05, 3.63) is 23.8 Å². The van der Waals surface area contributed by atoms with E-state index in [-0.39, 0.29) is 16.8 Å². The van der Waals surface area contributed by atoms with Gasteiger partial charge in [0.15, 0.2) is 11.1 Å². The molecule has 1 N–H and O–H groups in total. The number of anilines is 1. The van der Waals surface area contributed by atoms with Gasteiger partial charge in [0.05, 0.1) is 28.7 Å². The maximum Gasteiger partial charge on any atom is 0.262 e. The summed E-state index contributed by atoms with van der Waals surface area (Å²) in [6, 6.07) is 5.03. The molecular formula is C13H15N3O3S. The van der Waals surface area contributed by atoms with Gasteiger partial charge in [0.1, 0.15) is 0 Å². The van der Waals surface area contributed by atoms with Gasteiger partial charge in [-0.2, -0.15) is 0 Å². The smallest absolute Gasteiger partial charge is 0.262 e. The van der Waals surface area contributed by atoms with Crippen LogP contribution in [-0.2, 0) is 11.1 Å². The Morgan fingerprint density at radius 2 is 2.25 bits per heavy atom. The second-order valence-corrected chi connectivity index (χ2v) is 5.83. The molecule has 1 amide bonds. The van der Waals surface area contributed by atoms with Crippen LogP contribution < -0.4 is 4.90 Å². The lowest BCUT2D eigenvalue weighted by molar-refractivity contribution is 0.0864. The number of hydrogen-bond donors (Lipinski definition) is 1. The lowest BCUT2D eigenvalue weighted by atomic mass is 10.1. The molecule has 3 rings (SSSR count). The third-order valence-electron chi connectivity index (χ3n) is 3.76. The van der Waals surface area contributed by atoms with Crippen LogP contribution in [0.4, 0.5) is 5.69 Å². The first-order chi connectivity index (χ1) is 9.54. The van der Waals surface area contributed by atoms with E-state index in [4.69, 9.17) is 0 Å². The molecule has 2 atom stereocenters. The normalized spacial score (nSPS) is 22.4. The van der Waals surface area contributed by atoms with Crippen molar-refractivity contribution in [2.45, 2.75) is 24.3 Å². The maximum absolute atomic E-state index is 12.4. The summed E-state index contributed by atoms with van der Waals surface area (Å²) >= 11 is -2.09. The molecule has 2 heterocycles. The molecule has 2 aliphatic rings. The SMILES string of the molecule is CC[C@H]1CN=C2N(C)C(=O)c3cc(S(=O)O)ccc3N21. The van der Waals surface area contributed by atoms with Gasteiger partial charge < -0.3 is 9.45 Å². The van der Waals surface area contributed by atoms with E-state index in [1.165, 1.54) is 11.0 Å². The zero-order valence-electron chi connectivity index (χ0n) is 11.2. The van der Waals surface area contributed by atoms with Crippen LogP contribution in [0.3, 0.4) is 0 Å². The Bertz CT molecular complexity index is 644. The Kier molecular flexibility index (Phi) is 3.10. The first kappa shape index (κ1) is 13.3. The Morgan fingerprint density at radius 1 is 1.50 bits per heavy atom. The van der Waals surface area contributed by atoms with Crippen LogP contribution in [0.2, 0.25) is 0 Å². The highest BCUT2D eigenvalue weighted by molar-refractivity contribution is 7.79. The van der Waals surface area contributed by atoms with Gasteiger partial charge in [0.25, 0.3) is 5.91 Å². The van der Waals surface area contributed by atoms with Crippen LogP contribution in [0.15, 0.2) is 28.1 Å². The molecule has 0 spiro atoms. The van der Waals surface area contributed by atoms with Crippen molar-refractivity contribution in [3.63, 3.8) is 0 Å². The van der Waals surface area contributed by atoms with Gasteiger partial charge in [-0.3, -0.25) is 14.7 Å². The van der Waals surface area contributed by atoms with Crippen molar-refractivity contribution >= 4 is 28.6 Å². The molecule has 0 radical (unpaired) electrons. The Morgan fingerprint density at radius 3 is 2.90 bits per heavy atom. The fourth-order valence-electron chi connectivity index (χ4n) is 2.67. The van der Waals surface area contributed by atoms with Crippen LogP contribution in [0.1, 0.15) is 23.7 Å². The Balaban J connectivity index is 2.17. The van der Waals surface area contributed by atoms with Crippen LogP contribution >= 0.6 is 0 Å². The number of benzene rings is 1. The molecule has 2 aliphatic heterocycles. The van der Waals surface area contributed by atoms with Gasteiger partial charge in [-0.15, -0.1) is 0 Å². The largest absolute Gasteiger partial charge is 0.306 e. The number of nitrogens with zero attached hydrogens (tertiary/aromatic N) is 3. The highest BCUT2D eigenvalue weighted by Gasteiger charge is 2.39. The van der Waals surface area contributed by atoms with Gasteiger partial charge in [-0.05, 0) is 24.6 Å². The molecule has 0 bridgehead atoms. The molecule has 1 aromatic carbocycles. The number of guanidine groups is 1. The molecule has 0 saturated carbocycles. The molecule has 7 heteroatoms. The molecule has 0 fully saturated rings. The number of rotatable bonds is 2. The van der Waals surface area contributed by atoms with Crippen LogP contribution in [0, 0.1) is 0 Å². The van der Waals surface area contributed by atoms with E-state index in [0.717, 1.165) is 12.1 Å². The molecule has 6 nitrogen and oxygen atoms in total. The maximum atomic E-state index is 12.4. The minimum atomic E-state index is -2.09. The number of hydrogen-bond acceptors (Lipinski definition) is 4. The van der Waals surface area contributed by atoms with E-state index in [9.17, 15) is 13.6 Å². The minimum absolute atomic E-state index is 0.195. The summed E-state index contributed by atoms with van der Waals surface area (Å²) in [5, 5.41) is 0. The number of aliphatic imine (C=N–C) groups is 1. The van der Waals surface area contributed by atoms with Crippen molar-refractivity contribution in [2.75, 3.05) is 18.5 Å². The zero-order chi connectivity index (χ0) is 14.4. The summed E-state index contributed by atoms with van der Waals surface area (Å²) in [7, 11) is 1.68. The first-order valence-electron chi connectivity index (χ1n) is 6.41. The highest BCUT2D eigenvalue weighted by Crippen LogP contribution is 2.34. The molecule has 1 aromatic rings. The fourth-order valence-corrected chi connectivity index (χ4v) is 3.07. The van der Waals surface area contributed by atoms with Gasteiger partial charge >= 0.3 is 0 Å². The van der Waals surface area contributed by atoms with Crippen molar-refractivity contribution in [1.29, 1.82) is 0 Å². The van der Waals surface area contributed by atoms with E-state index >= 15 is 0 Å². The van der Waals surface area contributed by atoms with Crippen molar-refractivity contribution < 1.29 is 13.6 Å². The fraction of sp³-hybridized carbons (Fsp3) is 0.385. The van der Waals surface area contributed by atoms with Crippen LogP contribution in [-0.4, -0.2) is 45.2 Å². The lowest BCUT2D eigenvalue weighted by Gasteiger charge is -2.36. The van der Waals surface area contributed by atoms with Crippen molar-refractivity contribution in [2.24, 2.45) is 4.99 Å². The average Bonchev–Trinajstić information content (AvgIpc) is 2.88. The average molecular weight is 293 g/mol. The monoisotopic (exact) mass is 293 g/mol. The second-order valence-electron chi connectivity index (χ2n) is 4.87. The van der Waals surface area contributed by atoms with Gasteiger partial charge in [0.2, 0.25) is 5.96 Å². The highest BCUT2D eigenvalue weighted by atomic mass is 32.2. The Hall–Kier alpha value is -1.73. The van der Waals surface area contributed by atoms with Gasteiger partial charge in [0, 0.05) is 7.05 Å². The summed E-state index contributed by atoms with van der Waals surface area (Å²) in [6.45, 7) is 2.74.